The topological polar surface area (TPSA) is 93.8 Å². The molecule has 0 aromatic carbocycles. The molecule has 2 rings (SSSR count). The van der Waals surface area contributed by atoms with Crippen molar-refractivity contribution in [1.82, 2.24) is 14.6 Å². The summed E-state index contributed by atoms with van der Waals surface area (Å²) < 4.78 is 3.68. The first kappa shape index (κ1) is 13.4. The minimum Gasteiger partial charge on any atom is -0.384 e. The Balaban J connectivity index is 2.29. The van der Waals surface area contributed by atoms with Gasteiger partial charge >= 0.3 is 0 Å². The second kappa shape index (κ2) is 4.93. The Bertz CT molecular complexity index is 589. The highest BCUT2D eigenvalue weighted by Crippen LogP contribution is 2.23. The Labute approximate surface area is 115 Å². The van der Waals surface area contributed by atoms with Gasteiger partial charge in [0.2, 0.25) is 0 Å². The lowest BCUT2D eigenvalue weighted by atomic mass is 9.90. The SMILES string of the molecule is CC(C)(C)c1cc(C(=O)Nc2cnns2)cc(N)n1. The summed E-state index contributed by atoms with van der Waals surface area (Å²) in [5.74, 6) is 0.0886. The van der Waals surface area contributed by atoms with E-state index in [1.165, 1.54) is 6.20 Å². The lowest BCUT2D eigenvalue weighted by Crippen LogP contribution is -2.18. The number of nitrogens with one attached hydrogen (secondary N) is 1. The highest BCUT2D eigenvalue weighted by molar-refractivity contribution is 7.10. The molecule has 0 aliphatic rings. The number of anilines is 2. The first-order valence-corrected chi connectivity index (χ1v) is 6.50. The van der Waals surface area contributed by atoms with E-state index in [0.29, 0.717) is 16.4 Å². The van der Waals surface area contributed by atoms with Crippen molar-refractivity contribution in [3.05, 3.63) is 29.6 Å². The molecule has 6 nitrogen and oxygen atoms in total. The number of carbonyl (C=O) groups excluding carboxylic acids is 1. The van der Waals surface area contributed by atoms with Crippen molar-refractivity contribution in [2.75, 3.05) is 11.1 Å². The Morgan fingerprint density at radius 3 is 2.68 bits per heavy atom. The van der Waals surface area contributed by atoms with E-state index in [-0.39, 0.29) is 11.3 Å². The van der Waals surface area contributed by atoms with Crippen LogP contribution in [0.2, 0.25) is 0 Å². The molecule has 0 saturated heterocycles. The average molecular weight is 277 g/mol. The van der Waals surface area contributed by atoms with Crippen LogP contribution in [-0.2, 0) is 5.41 Å². The number of nitrogens with two attached hydrogens (primary N) is 1. The van der Waals surface area contributed by atoms with Crippen LogP contribution in [0.25, 0.3) is 0 Å². The fourth-order valence-electron chi connectivity index (χ4n) is 1.47. The average Bonchev–Trinajstić information content (AvgIpc) is 2.79. The molecular weight excluding hydrogens is 262 g/mol. The third kappa shape index (κ3) is 3.25. The van der Waals surface area contributed by atoms with Crippen molar-refractivity contribution in [1.29, 1.82) is 0 Å². The smallest absolute Gasteiger partial charge is 0.256 e. The number of nitrogens with zero attached hydrogens (tertiary/aromatic N) is 3. The lowest BCUT2D eigenvalue weighted by Gasteiger charge is -2.18. The van der Waals surface area contributed by atoms with E-state index < -0.39 is 0 Å². The number of rotatable bonds is 2. The summed E-state index contributed by atoms with van der Waals surface area (Å²) in [5, 5.41) is 6.97. The predicted molar refractivity (Wildman–Crippen MR) is 75.2 cm³/mol. The molecule has 7 heteroatoms. The van der Waals surface area contributed by atoms with E-state index in [0.717, 1.165) is 17.2 Å². The standard InChI is InChI=1S/C12H15N5OS/c1-12(2,3)8-4-7(5-9(13)15-8)11(18)16-10-6-14-17-19-10/h4-6H,1-3H3,(H2,13,15)(H,16,18). The second-order valence-corrected chi connectivity index (χ2v) is 5.94. The fourth-order valence-corrected chi connectivity index (χ4v) is 1.89. The van der Waals surface area contributed by atoms with E-state index in [9.17, 15) is 4.79 Å². The van der Waals surface area contributed by atoms with E-state index in [1.54, 1.807) is 12.1 Å². The number of carbonyl (C=O) groups is 1. The van der Waals surface area contributed by atoms with Gasteiger partial charge in [-0.25, -0.2) is 4.98 Å². The van der Waals surface area contributed by atoms with Crippen LogP contribution in [0, 0.1) is 0 Å². The van der Waals surface area contributed by atoms with Crippen molar-refractivity contribution in [2.45, 2.75) is 26.2 Å². The van der Waals surface area contributed by atoms with Gasteiger partial charge in [-0.15, -0.1) is 5.10 Å². The molecule has 0 aliphatic heterocycles. The molecule has 2 heterocycles. The van der Waals surface area contributed by atoms with Crippen molar-refractivity contribution in [2.24, 2.45) is 0 Å². The fraction of sp³-hybridized carbons (Fsp3) is 0.333. The third-order valence-electron chi connectivity index (χ3n) is 2.47. The molecule has 0 atom stereocenters. The largest absolute Gasteiger partial charge is 0.384 e. The molecule has 0 saturated carbocycles. The molecule has 0 fully saturated rings. The summed E-state index contributed by atoms with van der Waals surface area (Å²) >= 11 is 1.12. The zero-order chi connectivity index (χ0) is 14.0. The quantitative estimate of drug-likeness (QED) is 0.876. The molecule has 0 unspecified atom stereocenters. The summed E-state index contributed by atoms with van der Waals surface area (Å²) in [4.78, 5) is 16.4. The van der Waals surface area contributed by atoms with Gasteiger partial charge in [-0.2, -0.15) is 0 Å². The molecule has 3 N–H and O–H groups in total. The van der Waals surface area contributed by atoms with Crippen LogP contribution in [0.15, 0.2) is 18.3 Å². The van der Waals surface area contributed by atoms with E-state index in [2.05, 4.69) is 19.9 Å². The minimum absolute atomic E-state index is 0.170. The molecule has 2 aromatic heterocycles. The van der Waals surface area contributed by atoms with Crippen molar-refractivity contribution in [3.63, 3.8) is 0 Å². The molecule has 0 radical (unpaired) electrons. The van der Waals surface area contributed by atoms with Crippen molar-refractivity contribution >= 4 is 28.3 Å². The molecular formula is C12H15N5OS. The monoisotopic (exact) mass is 277 g/mol. The van der Waals surface area contributed by atoms with E-state index >= 15 is 0 Å². The van der Waals surface area contributed by atoms with Gasteiger partial charge in [-0.3, -0.25) is 4.79 Å². The maximum atomic E-state index is 12.1. The van der Waals surface area contributed by atoms with Crippen LogP contribution in [0.4, 0.5) is 10.8 Å². The second-order valence-electron chi connectivity index (χ2n) is 5.15. The summed E-state index contributed by atoms with van der Waals surface area (Å²) in [6.45, 7) is 6.05. The molecule has 0 aliphatic carbocycles. The van der Waals surface area contributed by atoms with Gasteiger partial charge in [0.15, 0.2) is 0 Å². The number of pyridine rings is 1. The molecule has 1 amide bonds. The molecule has 100 valence electrons. The summed E-state index contributed by atoms with van der Waals surface area (Å²) in [6.07, 6.45) is 1.50. The Morgan fingerprint density at radius 1 is 1.37 bits per heavy atom. The number of aromatic nitrogens is 3. The third-order valence-corrected chi connectivity index (χ3v) is 3.05. The highest BCUT2D eigenvalue weighted by atomic mass is 32.1. The highest BCUT2D eigenvalue weighted by Gasteiger charge is 2.19. The summed E-state index contributed by atoms with van der Waals surface area (Å²) in [7, 11) is 0. The van der Waals surface area contributed by atoms with Gasteiger partial charge in [0, 0.05) is 28.2 Å². The molecule has 0 spiro atoms. The molecule has 19 heavy (non-hydrogen) atoms. The maximum Gasteiger partial charge on any atom is 0.256 e. The van der Waals surface area contributed by atoms with Crippen LogP contribution < -0.4 is 11.1 Å². The Kier molecular flexibility index (Phi) is 3.48. The summed E-state index contributed by atoms with van der Waals surface area (Å²) in [5.41, 5.74) is 6.84. The number of amides is 1. The summed E-state index contributed by atoms with van der Waals surface area (Å²) in [6, 6.07) is 3.30. The van der Waals surface area contributed by atoms with Crippen LogP contribution >= 0.6 is 11.5 Å². The Hall–Kier alpha value is -2.02. The van der Waals surface area contributed by atoms with Gasteiger partial charge in [-0.05, 0) is 12.1 Å². The molecule has 2 aromatic rings. The zero-order valence-electron chi connectivity index (χ0n) is 11.0. The van der Waals surface area contributed by atoms with Gasteiger partial charge in [0.25, 0.3) is 5.91 Å². The normalized spacial score (nSPS) is 11.3. The maximum absolute atomic E-state index is 12.1. The Morgan fingerprint density at radius 2 is 2.11 bits per heavy atom. The zero-order valence-corrected chi connectivity index (χ0v) is 11.8. The van der Waals surface area contributed by atoms with Crippen molar-refractivity contribution < 1.29 is 4.79 Å². The minimum atomic E-state index is -0.245. The first-order chi connectivity index (χ1) is 8.86. The van der Waals surface area contributed by atoms with Crippen LogP contribution in [0.1, 0.15) is 36.8 Å². The van der Waals surface area contributed by atoms with E-state index in [1.807, 2.05) is 20.8 Å². The number of hydrogen-bond acceptors (Lipinski definition) is 6. The van der Waals surface area contributed by atoms with Gasteiger partial charge in [0.05, 0.1) is 6.20 Å². The first-order valence-electron chi connectivity index (χ1n) is 5.73. The van der Waals surface area contributed by atoms with Crippen LogP contribution in [-0.4, -0.2) is 20.5 Å². The number of hydrogen-bond donors (Lipinski definition) is 2. The van der Waals surface area contributed by atoms with Gasteiger partial charge in [0.1, 0.15) is 10.8 Å². The van der Waals surface area contributed by atoms with Crippen molar-refractivity contribution in [3.8, 4) is 0 Å². The van der Waals surface area contributed by atoms with Crippen LogP contribution in [0.3, 0.4) is 0 Å². The number of nitrogen functional groups attached to an aromatic ring is 1. The van der Waals surface area contributed by atoms with Gasteiger partial charge in [-0.1, -0.05) is 25.3 Å². The predicted octanol–water partition coefficient (Wildman–Crippen LogP) is 2.07. The van der Waals surface area contributed by atoms with E-state index in [4.69, 9.17) is 5.73 Å². The molecule has 0 bridgehead atoms. The lowest BCUT2D eigenvalue weighted by molar-refractivity contribution is 0.102. The van der Waals surface area contributed by atoms with Crippen LogP contribution in [0.5, 0.6) is 0 Å². The van der Waals surface area contributed by atoms with Gasteiger partial charge < -0.3 is 11.1 Å².